The Kier molecular flexibility index (Phi) is 3.71. The number of rotatable bonds is 3. The zero-order chi connectivity index (χ0) is 13.2. The largest absolute Gasteiger partial charge is 0.330 e. The first-order valence-corrected chi connectivity index (χ1v) is 7.57. The molecule has 1 aliphatic rings. The Morgan fingerprint density at radius 1 is 1.32 bits per heavy atom. The van der Waals surface area contributed by atoms with Crippen molar-refractivity contribution < 1.29 is 0 Å². The minimum atomic E-state index is 0.495. The Morgan fingerprint density at radius 2 is 2.16 bits per heavy atom. The smallest absolute Gasteiger partial charge is 0.0953 e. The summed E-state index contributed by atoms with van der Waals surface area (Å²) in [5.74, 6) is 0.579. The monoisotopic (exact) mass is 319 g/mol. The molecule has 1 aromatic heterocycles. The SMILES string of the molecule is NCC1CCCC1n1cncc1-c1ccccc1Br. The van der Waals surface area contributed by atoms with Gasteiger partial charge in [0, 0.05) is 16.1 Å². The molecule has 1 aliphatic carbocycles. The quantitative estimate of drug-likeness (QED) is 0.939. The van der Waals surface area contributed by atoms with Crippen LogP contribution in [0.5, 0.6) is 0 Å². The van der Waals surface area contributed by atoms with Gasteiger partial charge >= 0.3 is 0 Å². The molecule has 2 unspecified atom stereocenters. The zero-order valence-electron chi connectivity index (χ0n) is 10.8. The van der Waals surface area contributed by atoms with Gasteiger partial charge in [-0.25, -0.2) is 4.98 Å². The Hall–Kier alpha value is -1.13. The van der Waals surface area contributed by atoms with E-state index in [4.69, 9.17) is 5.73 Å². The number of nitrogens with zero attached hydrogens (tertiary/aromatic N) is 2. The average molecular weight is 320 g/mol. The lowest BCUT2D eigenvalue weighted by atomic mass is 10.0. The van der Waals surface area contributed by atoms with Crippen molar-refractivity contribution >= 4 is 15.9 Å². The molecule has 4 heteroatoms. The van der Waals surface area contributed by atoms with Crippen LogP contribution in [0.15, 0.2) is 41.3 Å². The average Bonchev–Trinajstić information content (AvgIpc) is 3.07. The summed E-state index contributed by atoms with van der Waals surface area (Å²) in [5, 5.41) is 0. The highest BCUT2D eigenvalue weighted by Crippen LogP contribution is 2.38. The summed E-state index contributed by atoms with van der Waals surface area (Å²) in [6, 6.07) is 8.79. The number of aromatic nitrogens is 2. The Labute approximate surface area is 122 Å². The molecule has 0 radical (unpaired) electrons. The highest BCUT2D eigenvalue weighted by atomic mass is 79.9. The second-order valence-electron chi connectivity index (χ2n) is 5.16. The van der Waals surface area contributed by atoms with Crippen LogP contribution in [0.3, 0.4) is 0 Å². The van der Waals surface area contributed by atoms with Gasteiger partial charge in [-0.2, -0.15) is 0 Å². The molecule has 19 heavy (non-hydrogen) atoms. The van der Waals surface area contributed by atoms with E-state index in [9.17, 15) is 0 Å². The molecule has 2 N–H and O–H groups in total. The van der Waals surface area contributed by atoms with Gasteiger partial charge in [0.2, 0.25) is 0 Å². The zero-order valence-corrected chi connectivity index (χ0v) is 12.4. The maximum atomic E-state index is 5.91. The van der Waals surface area contributed by atoms with E-state index in [0.29, 0.717) is 12.0 Å². The van der Waals surface area contributed by atoms with Crippen molar-refractivity contribution in [1.82, 2.24) is 9.55 Å². The number of hydrogen-bond acceptors (Lipinski definition) is 2. The molecule has 3 rings (SSSR count). The molecule has 0 saturated heterocycles. The summed E-state index contributed by atoms with van der Waals surface area (Å²) in [7, 11) is 0. The van der Waals surface area contributed by atoms with E-state index >= 15 is 0 Å². The van der Waals surface area contributed by atoms with Crippen LogP contribution in [-0.4, -0.2) is 16.1 Å². The maximum absolute atomic E-state index is 5.91. The number of benzene rings is 1. The van der Waals surface area contributed by atoms with Crippen LogP contribution in [0, 0.1) is 5.92 Å². The number of halogens is 1. The highest BCUT2D eigenvalue weighted by molar-refractivity contribution is 9.10. The van der Waals surface area contributed by atoms with Gasteiger partial charge in [-0.3, -0.25) is 0 Å². The molecule has 0 spiro atoms. The molecule has 2 atom stereocenters. The van der Waals surface area contributed by atoms with Gasteiger partial charge in [0.05, 0.1) is 18.2 Å². The van der Waals surface area contributed by atoms with Gasteiger partial charge in [0.25, 0.3) is 0 Å². The standard InChI is InChI=1S/C15H18BrN3/c16-13-6-2-1-5-12(13)15-9-18-10-19(15)14-7-3-4-11(14)8-17/h1-2,5-6,9-11,14H,3-4,7-8,17H2. The van der Waals surface area contributed by atoms with E-state index in [0.717, 1.165) is 11.0 Å². The summed E-state index contributed by atoms with van der Waals surface area (Å²) < 4.78 is 3.42. The molecule has 2 aromatic rings. The molecule has 0 bridgehead atoms. The minimum Gasteiger partial charge on any atom is -0.330 e. The Balaban J connectivity index is 2.01. The van der Waals surface area contributed by atoms with Crippen LogP contribution in [0.1, 0.15) is 25.3 Å². The first kappa shape index (κ1) is 12.9. The summed E-state index contributed by atoms with van der Waals surface area (Å²) in [4.78, 5) is 4.35. The second kappa shape index (κ2) is 5.47. The van der Waals surface area contributed by atoms with Crippen LogP contribution in [0.25, 0.3) is 11.3 Å². The lowest BCUT2D eigenvalue weighted by Gasteiger charge is -2.22. The lowest BCUT2D eigenvalue weighted by molar-refractivity contribution is 0.390. The van der Waals surface area contributed by atoms with Crippen molar-refractivity contribution in [2.75, 3.05) is 6.54 Å². The van der Waals surface area contributed by atoms with E-state index in [1.54, 1.807) is 0 Å². The van der Waals surface area contributed by atoms with Crippen molar-refractivity contribution in [3.05, 3.63) is 41.3 Å². The fourth-order valence-electron chi connectivity index (χ4n) is 3.10. The minimum absolute atomic E-state index is 0.495. The third-order valence-corrected chi connectivity index (χ3v) is 4.79. The molecular formula is C15H18BrN3. The summed E-state index contributed by atoms with van der Waals surface area (Å²) >= 11 is 3.63. The molecule has 100 valence electrons. The topological polar surface area (TPSA) is 43.8 Å². The van der Waals surface area contributed by atoms with E-state index in [1.165, 1.54) is 30.5 Å². The fourth-order valence-corrected chi connectivity index (χ4v) is 3.59. The van der Waals surface area contributed by atoms with Gasteiger partial charge in [-0.15, -0.1) is 0 Å². The molecule has 1 saturated carbocycles. The van der Waals surface area contributed by atoms with Gasteiger partial charge in [0.15, 0.2) is 0 Å². The molecule has 3 nitrogen and oxygen atoms in total. The first-order chi connectivity index (χ1) is 9.31. The molecule has 1 fully saturated rings. The first-order valence-electron chi connectivity index (χ1n) is 6.78. The van der Waals surface area contributed by atoms with Crippen LogP contribution in [-0.2, 0) is 0 Å². The molecule has 0 aliphatic heterocycles. The number of imidazole rings is 1. The fraction of sp³-hybridized carbons (Fsp3) is 0.400. The Bertz CT molecular complexity index is 564. The van der Waals surface area contributed by atoms with Crippen molar-refractivity contribution in [2.24, 2.45) is 11.7 Å². The van der Waals surface area contributed by atoms with Crippen molar-refractivity contribution in [1.29, 1.82) is 0 Å². The number of hydrogen-bond donors (Lipinski definition) is 1. The van der Waals surface area contributed by atoms with Crippen molar-refractivity contribution in [2.45, 2.75) is 25.3 Å². The second-order valence-corrected chi connectivity index (χ2v) is 6.01. The Morgan fingerprint density at radius 3 is 2.95 bits per heavy atom. The van der Waals surface area contributed by atoms with Crippen LogP contribution < -0.4 is 5.73 Å². The molecular weight excluding hydrogens is 302 g/mol. The molecule has 1 heterocycles. The van der Waals surface area contributed by atoms with E-state index < -0.39 is 0 Å². The third-order valence-electron chi connectivity index (χ3n) is 4.09. The normalized spacial score (nSPS) is 22.8. The van der Waals surface area contributed by atoms with E-state index in [-0.39, 0.29) is 0 Å². The van der Waals surface area contributed by atoms with Crippen LogP contribution >= 0.6 is 15.9 Å². The van der Waals surface area contributed by atoms with Crippen molar-refractivity contribution in [3.8, 4) is 11.3 Å². The summed E-state index contributed by atoms with van der Waals surface area (Å²) in [6.07, 6.45) is 7.60. The van der Waals surface area contributed by atoms with Crippen LogP contribution in [0.2, 0.25) is 0 Å². The summed E-state index contributed by atoms with van der Waals surface area (Å²) in [6.45, 7) is 0.762. The van der Waals surface area contributed by atoms with Gasteiger partial charge < -0.3 is 10.3 Å². The predicted molar refractivity (Wildman–Crippen MR) is 80.8 cm³/mol. The van der Waals surface area contributed by atoms with Gasteiger partial charge in [0.1, 0.15) is 0 Å². The molecule has 1 aromatic carbocycles. The lowest BCUT2D eigenvalue weighted by Crippen LogP contribution is -2.21. The molecule has 0 amide bonds. The summed E-state index contributed by atoms with van der Waals surface area (Å²) in [5.41, 5.74) is 8.28. The van der Waals surface area contributed by atoms with E-state index in [1.807, 2.05) is 18.6 Å². The maximum Gasteiger partial charge on any atom is 0.0953 e. The highest BCUT2D eigenvalue weighted by Gasteiger charge is 2.29. The predicted octanol–water partition coefficient (Wildman–Crippen LogP) is 3.61. The van der Waals surface area contributed by atoms with E-state index in [2.05, 4.69) is 43.7 Å². The van der Waals surface area contributed by atoms with Gasteiger partial charge in [-0.1, -0.05) is 40.5 Å². The number of nitrogens with two attached hydrogens (primary N) is 1. The van der Waals surface area contributed by atoms with Gasteiger partial charge in [-0.05, 0) is 31.4 Å². The third kappa shape index (κ3) is 2.35. The van der Waals surface area contributed by atoms with Crippen LogP contribution in [0.4, 0.5) is 0 Å². The van der Waals surface area contributed by atoms with Crippen molar-refractivity contribution in [3.63, 3.8) is 0 Å².